The van der Waals surface area contributed by atoms with Crippen LogP contribution in [0.1, 0.15) is 81.3 Å². The van der Waals surface area contributed by atoms with Crippen molar-refractivity contribution in [3.05, 3.63) is 65.2 Å². The molecular formula is C25H32NO3. The molecule has 4 nitrogen and oxygen atoms in total. The third-order valence-electron chi connectivity index (χ3n) is 5.88. The van der Waals surface area contributed by atoms with Crippen LogP contribution < -0.4 is 4.74 Å². The molecular weight excluding hydrogens is 362 g/mol. The lowest BCUT2D eigenvalue weighted by molar-refractivity contribution is -0.289. The number of carbonyl (C=O) groups is 1. The fraction of sp³-hybridized carbons (Fsp3) is 0.480. The van der Waals surface area contributed by atoms with Crippen LogP contribution in [0, 0.1) is 0 Å². The van der Waals surface area contributed by atoms with Crippen LogP contribution in [-0.4, -0.2) is 22.1 Å². The molecule has 0 N–H and O–H groups in total. The number of aryl methyl sites for hydroxylation is 1. The zero-order chi connectivity index (χ0) is 21.2. The first-order chi connectivity index (χ1) is 13.6. The normalized spacial score (nSPS) is 19.1. The number of esters is 1. The van der Waals surface area contributed by atoms with E-state index in [9.17, 15) is 10.0 Å². The Morgan fingerprint density at radius 1 is 0.966 bits per heavy atom. The Kier molecular flexibility index (Phi) is 6.16. The first-order valence-electron chi connectivity index (χ1n) is 10.5. The number of hydrogen-bond acceptors (Lipinski definition) is 3. The summed E-state index contributed by atoms with van der Waals surface area (Å²) in [7, 11) is 0. The predicted molar refractivity (Wildman–Crippen MR) is 114 cm³/mol. The summed E-state index contributed by atoms with van der Waals surface area (Å²) in [5.41, 5.74) is 2.16. The number of hydroxylamine groups is 2. The monoisotopic (exact) mass is 394 g/mol. The van der Waals surface area contributed by atoms with Crippen molar-refractivity contribution in [2.75, 3.05) is 0 Å². The Morgan fingerprint density at radius 2 is 1.52 bits per heavy atom. The number of hydrogen-bond donors (Lipinski definition) is 0. The van der Waals surface area contributed by atoms with Crippen molar-refractivity contribution < 1.29 is 14.7 Å². The Morgan fingerprint density at radius 3 is 2.03 bits per heavy atom. The van der Waals surface area contributed by atoms with E-state index >= 15 is 0 Å². The molecule has 2 aromatic carbocycles. The first kappa shape index (κ1) is 21.5. The lowest BCUT2D eigenvalue weighted by atomic mass is 9.73. The minimum atomic E-state index is -0.401. The van der Waals surface area contributed by atoms with E-state index in [1.54, 1.807) is 0 Å². The second-order valence-electron chi connectivity index (χ2n) is 9.43. The van der Waals surface area contributed by atoms with E-state index in [1.165, 1.54) is 16.2 Å². The molecule has 0 spiro atoms. The molecule has 155 valence electrons. The fourth-order valence-corrected chi connectivity index (χ4v) is 4.57. The Balaban J connectivity index is 1.68. The molecule has 0 unspecified atom stereocenters. The molecule has 0 bridgehead atoms. The predicted octanol–water partition coefficient (Wildman–Crippen LogP) is 5.94. The summed E-state index contributed by atoms with van der Waals surface area (Å²) in [6.45, 7) is 10.2. The summed E-state index contributed by atoms with van der Waals surface area (Å²) in [6.07, 6.45) is 3.71. The van der Waals surface area contributed by atoms with Gasteiger partial charge in [0.15, 0.2) is 0 Å². The SMILES string of the molecule is CCCc1ccc(C(=O)Oc2ccc(C3CC(C)(C)N([O])C(C)(C)C3)cc2)cc1. The van der Waals surface area contributed by atoms with Crippen molar-refractivity contribution in [1.82, 2.24) is 5.06 Å². The molecule has 1 saturated heterocycles. The zero-order valence-corrected chi connectivity index (χ0v) is 18.2. The van der Waals surface area contributed by atoms with Crippen LogP contribution in [0.3, 0.4) is 0 Å². The highest BCUT2D eigenvalue weighted by atomic mass is 16.5. The van der Waals surface area contributed by atoms with Crippen molar-refractivity contribution in [3.63, 3.8) is 0 Å². The van der Waals surface area contributed by atoms with Gasteiger partial charge in [-0.25, -0.2) is 4.79 Å². The Hall–Kier alpha value is -2.17. The number of ether oxygens (including phenoxy) is 1. The van der Waals surface area contributed by atoms with E-state index in [2.05, 4.69) is 6.92 Å². The minimum absolute atomic E-state index is 0.307. The first-order valence-corrected chi connectivity index (χ1v) is 10.5. The largest absolute Gasteiger partial charge is 0.423 e. The van der Waals surface area contributed by atoms with E-state index in [0.29, 0.717) is 17.2 Å². The molecule has 0 atom stereocenters. The van der Waals surface area contributed by atoms with Crippen molar-refractivity contribution in [3.8, 4) is 5.75 Å². The van der Waals surface area contributed by atoms with Crippen LogP contribution in [0.4, 0.5) is 0 Å². The van der Waals surface area contributed by atoms with Gasteiger partial charge in [0.1, 0.15) is 5.75 Å². The van der Waals surface area contributed by atoms with Crippen molar-refractivity contribution >= 4 is 5.97 Å². The molecule has 1 fully saturated rings. The second-order valence-corrected chi connectivity index (χ2v) is 9.43. The van der Waals surface area contributed by atoms with Gasteiger partial charge in [-0.2, -0.15) is 0 Å². The summed E-state index contributed by atoms with van der Waals surface area (Å²) in [5, 5.41) is 13.8. The maximum Gasteiger partial charge on any atom is 0.343 e. The second kappa shape index (κ2) is 8.29. The molecule has 2 aromatic rings. The summed E-state index contributed by atoms with van der Waals surface area (Å²) >= 11 is 0. The molecule has 1 radical (unpaired) electrons. The lowest BCUT2D eigenvalue weighted by Crippen LogP contribution is -2.57. The van der Waals surface area contributed by atoms with Gasteiger partial charge >= 0.3 is 5.97 Å². The molecule has 1 aliphatic rings. The van der Waals surface area contributed by atoms with Crippen molar-refractivity contribution in [2.24, 2.45) is 0 Å². The quantitative estimate of drug-likeness (QED) is 0.466. The van der Waals surface area contributed by atoms with Crippen LogP contribution >= 0.6 is 0 Å². The summed E-state index contributed by atoms with van der Waals surface area (Å²) in [5.74, 6) is 0.500. The molecule has 4 heteroatoms. The van der Waals surface area contributed by atoms with E-state index < -0.39 is 11.1 Å². The van der Waals surface area contributed by atoms with Crippen LogP contribution in [0.5, 0.6) is 5.75 Å². The van der Waals surface area contributed by atoms with Gasteiger partial charge in [0.2, 0.25) is 0 Å². The lowest BCUT2D eigenvalue weighted by Gasteiger charge is -2.50. The average molecular weight is 395 g/mol. The van der Waals surface area contributed by atoms with Gasteiger partial charge in [0, 0.05) is 11.1 Å². The standard InChI is InChI=1S/C25H32NO3/c1-6-7-18-8-10-20(11-9-18)23(27)29-22-14-12-19(13-15-22)21-16-24(2,3)26(28)25(4,5)17-21/h8-15,21H,6-7,16-17H2,1-5H3. The summed E-state index contributed by atoms with van der Waals surface area (Å²) < 4.78 is 5.54. The van der Waals surface area contributed by atoms with Gasteiger partial charge in [-0.3, -0.25) is 0 Å². The van der Waals surface area contributed by atoms with Gasteiger partial charge < -0.3 is 4.74 Å². The molecule has 1 heterocycles. The zero-order valence-electron chi connectivity index (χ0n) is 18.2. The van der Waals surface area contributed by atoms with Gasteiger partial charge in [0.05, 0.1) is 5.56 Å². The van der Waals surface area contributed by atoms with Gasteiger partial charge in [-0.15, -0.1) is 10.3 Å². The topological polar surface area (TPSA) is 49.4 Å². The smallest absolute Gasteiger partial charge is 0.343 e. The Bertz CT molecular complexity index is 819. The maximum atomic E-state index is 12.6. The Labute approximate surface area is 174 Å². The number of nitrogens with zero attached hydrogens (tertiary/aromatic N) is 1. The highest BCUT2D eigenvalue weighted by molar-refractivity contribution is 5.91. The third kappa shape index (κ3) is 4.88. The molecule has 0 amide bonds. The third-order valence-corrected chi connectivity index (χ3v) is 5.88. The van der Waals surface area contributed by atoms with Gasteiger partial charge in [-0.1, -0.05) is 37.6 Å². The number of benzene rings is 2. The molecule has 3 rings (SSSR count). The van der Waals surface area contributed by atoms with E-state index in [-0.39, 0.29) is 5.97 Å². The van der Waals surface area contributed by atoms with Gasteiger partial charge in [-0.05, 0) is 88.3 Å². The molecule has 0 aromatic heterocycles. The van der Waals surface area contributed by atoms with Crippen LogP contribution in [0.25, 0.3) is 0 Å². The number of piperidine rings is 1. The maximum absolute atomic E-state index is 12.6. The highest BCUT2D eigenvalue weighted by Crippen LogP contribution is 2.44. The van der Waals surface area contributed by atoms with Gasteiger partial charge in [0.25, 0.3) is 0 Å². The van der Waals surface area contributed by atoms with Crippen LogP contribution in [-0.2, 0) is 11.6 Å². The van der Waals surface area contributed by atoms with E-state index in [1.807, 2.05) is 76.2 Å². The van der Waals surface area contributed by atoms with E-state index in [4.69, 9.17) is 4.74 Å². The fourth-order valence-electron chi connectivity index (χ4n) is 4.57. The van der Waals surface area contributed by atoms with Crippen molar-refractivity contribution in [2.45, 2.75) is 77.3 Å². The highest BCUT2D eigenvalue weighted by Gasteiger charge is 2.46. The number of carbonyl (C=O) groups excluding carboxylic acids is 1. The van der Waals surface area contributed by atoms with Crippen LogP contribution in [0.15, 0.2) is 48.5 Å². The summed E-state index contributed by atoms with van der Waals surface area (Å²) in [4.78, 5) is 12.4. The molecule has 29 heavy (non-hydrogen) atoms. The van der Waals surface area contributed by atoms with Crippen LogP contribution in [0.2, 0.25) is 0 Å². The van der Waals surface area contributed by atoms with E-state index in [0.717, 1.165) is 25.7 Å². The summed E-state index contributed by atoms with van der Waals surface area (Å²) in [6, 6.07) is 15.3. The van der Waals surface area contributed by atoms with Crippen molar-refractivity contribution in [1.29, 1.82) is 0 Å². The number of rotatable bonds is 5. The minimum Gasteiger partial charge on any atom is -0.423 e. The molecule has 1 aliphatic heterocycles. The molecule has 0 saturated carbocycles. The average Bonchev–Trinajstić information content (AvgIpc) is 2.67. The molecule has 0 aliphatic carbocycles.